The zero-order valence-electron chi connectivity index (χ0n) is 18.3. The van der Waals surface area contributed by atoms with Crippen molar-refractivity contribution in [1.82, 2.24) is 25.6 Å². The number of nitrogens with one attached hydrogen (secondary N) is 1. The number of aryl methyl sites for hydroxylation is 1. The number of benzene rings is 3. The molecular formula is C27H23N5O. The molecule has 0 saturated heterocycles. The molecule has 6 nitrogen and oxygen atoms in total. The SMILES string of the molecule is Cc1ccc(Cc2ccc(C=Cc3nnn[nH]3)cc2)cc1OCc1ccc2ccccc2n1. The van der Waals surface area contributed by atoms with E-state index in [1.807, 2.05) is 36.4 Å². The summed E-state index contributed by atoms with van der Waals surface area (Å²) in [5, 5.41) is 14.8. The molecule has 5 aromatic rings. The van der Waals surface area contributed by atoms with Crippen molar-refractivity contribution in [2.24, 2.45) is 0 Å². The molecule has 2 heterocycles. The zero-order chi connectivity index (χ0) is 22.5. The maximum absolute atomic E-state index is 6.15. The normalized spacial score (nSPS) is 11.3. The van der Waals surface area contributed by atoms with Gasteiger partial charge in [0.25, 0.3) is 0 Å². The first kappa shape index (κ1) is 20.6. The van der Waals surface area contributed by atoms with Gasteiger partial charge in [-0.3, -0.25) is 0 Å². The average Bonchev–Trinajstić information content (AvgIpc) is 3.37. The Morgan fingerprint density at radius 1 is 0.879 bits per heavy atom. The van der Waals surface area contributed by atoms with Crippen LogP contribution in [-0.4, -0.2) is 25.6 Å². The smallest absolute Gasteiger partial charge is 0.172 e. The highest BCUT2D eigenvalue weighted by molar-refractivity contribution is 5.78. The van der Waals surface area contributed by atoms with Gasteiger partial charge in [0.05, 0.1) is 11.2 Å². The molecule has 0 aliphatic carbocycles. The molecule has 0 spiro atoms. The van der Waals surface area contributed by atoms with Crippen molar-refractivity contribution in [3.8, 4) is 5.75 Å². The number of tetrazole rings is 1. The van der Waals surface area contributed by atoms with Crippen LogP contribution in [0.3, 0.4) is 0 Å². The summed E-state index contributed by atoms with van der Waals surface area (Å²) in [6.45, 7) is 2.51. The fourth-order valence-corrected chi connectivity index (χ4v) is 3.64. The summed E-state index contributed by atoms with van der Waals surface area (Å²) in [5.41, 5.74) is 6.55. The molecule has 33 heavy (non-hydrogen) atoms. The molecule has 2 aromatic heterocycles. The van der Waals surface area contributed by atoms with Gasteiger partial charge < -0.3 is 4.74 Å². The number of hydrogen-bond donors (Lipinski definition) is 1. The second-order valence-electron chi connectivity index (χ2n) is 7.92. The minimum atomic E-state index is 0.441. The van der Waals surface area contributed by atoms with Gasteiger partial charge in [0.1, 0.15) is 12.4 Å². The van der Waals surface area contributed by atoms with Gasteiger partial charge in [-0.2, -0.15) is 0 Å². The highest BCUT2D eigenvalue weighted by atomic mass is 16.5. The Morgan fingerprint density at radius 2 is 1.73 bits per heavy atom. The lowest BCUT2D eigenvalue weighted by Gasteiger charge is -2.12. The van der Waals surface area contributed by atoms with Crippen LogP contribution in [0.15, 0.2) is 78.9 Å². The van der Waals surface area contributed by atoms with E-state index in [2.05, 4.69) is 82.1 Å². The topological polar surface area (TPSA) is 76.6 Å². The molecule has 0 fully saturated rings. The van der Waals surface area contributed by atoms with Gasteiger partial charge in [-0.1, -0.05) is 66.7 Å². The van der Waals surface area contributed by atoms with E-state index >= 15 is 0 Å². The molecule has 0 unspecified atom stereocenters. The van der Waals surface area contributed by atoms with Crippen LogP contribution in [-0.2, 0) is 13.0 Å². The third-order valence-corrected chi connectivity index (χ3v) is 5.47. The van der Waals surface area contributed by atoms with E-state index in [-0.39, 0.29) is 0 Å². The number of pyridine rings is 1. The van der Waals surface area contributed by atoms with E-state index in [0.717, 1.165) is 39.9 Å². The number of nitrogens with zero attached hydrogens (tertiary/aromatic N) is 4. The second kappa shape index (κ2) is 9.44. The van der Waals surface area contributed by atoms with Crippen molar-refractivity contribution in [2.75, 3.05) is 0 Å². The first-order chi connectivity index (χ1) is 16.2. The van der Waals surface area contributed by atoms with E-state index < -0.39 is 0 Å². The molecule has 162 valence electrons. The van der Waals surface area contributed by atoms with Gasteiger partial charge in [-0.05, 0) is 70.3 Å². The van der Waals surface area contributed by atoms with Crippen LogP contribution in [0.4, 0.5) is 0 Å². The van der Waals surface area contributed by atoms with Crippen LogP contribution >= 0.6 is 0 Å². The standard InChI is InChI=1S/C27H23N5O/c1-19-6-7-22(16-21-10-8-20(9-11-21)12-15-27-29-31-32-30-27)17-26(19)33-18-24-14-13-23-4-2-3-5-25(23)28-24/h2-15,17H,16,18H2,1H3,(H,29,30,31,32). The maximum atomic E-state index is 6.15. The highest BCUT2D eigenvalue weighted by Crippen LogP contribution is 2.23. The molecule has 0 aliphatic rings. The van der Waals surface area contributed by atoms with Crippen molar-refractivity contribution in [2.45, 2.75) is 20.0 Å². The van der Waals surface area contributed by atoms with Crippen LogP contribution in [0.2, 0.25) is 0 Å². The molecule has 1 N–H and O–H groups in total. The van der Waals surface area contributed by atoms with E-state index in [1.165, 1.54) is 11.1 Å². The Morgan fingerprint density at radius 3 is 2.58 bits per heavy atom. The lowest BCUT2D eigenvalue weighted by molar-refractivity contribution is 0.299. The summed E-state index contributed by atoms with van der Waals surface area (Å²) < 4.78 is 6.15. The fraction of sp³-hybridized carbons (Fsp3) is 0.111. The summed E-state index contributed by atoms with van der Waals surface area (Å²) in [7, 11) is 0. The Hall–Kier alpha value is -4.32. The Labute approximate surface area is 192 Å². The number of para-hydroxylation sites is 1. The van der Waals surface area contributed by atoms with Gasteiger partial charge in [0.15, 0.2) is 5.82 Å². The summed E-state index contributed by atoms with van der Waals surface area (Å²) in [4.78, 5) is 4.71. The Kier molecular flexibility index (Phi) is 5.89. The third kappa shape index (κ3) is 5.13. The van der Waals surface area contributed by atoms with Crippen LogP contribution in [0.5, 0.6) is 5.75 Å². The van der Waals surface area contributed by atoms with E-state index in [4.69, 9.17) is 9.72 Å². The quantitative estimate of drug-likeness (QED) is 0.372. The number of fused-ring (bicyclic) bond motifs is 1. The van der Waals surface area contributed by atoms with Gasteiger partial charge >= 0.3 is 0 Å². The molecule has 0 radical (unpaired) electrons. The molecule has 0 amide bonds. The molecule has 0 saturated carbocycles. The number of aromatic nitrogens is 5. The summed E-state index contributed by atoms with van der Waals surface area (Å²) in [5.74, 6) is 1.52. The fourth-order valence-electron chi connectivity index (χ4n) is 3.64. The zero-order valence-corrected chi connectivity index (χ0v) is 18.3. The molecule has 3 aromatic carbocycles. The van der Waals surface area contributed by atoms with Gasteiger partial charge in [0, 0.05) is 5.39 Å². The predicted octanol–water partition coefficient (Wildman–Crippen LogP) is 5.40. The van der Waals surface area contributed by atoms with Crippen LogP contribution in [0.25, 0.3) is 23.1 Å². The molecular weight excluding hydrogens is 410 g/mol. The number of H-pyrrole nitrogens is 1. The molecule has 0 aliphatic heterocycles. The number of hydrogen-bond acceptors (Lipinski definition) is 5. The number of ether oxygens (including phenoxy) is 1. The summed E-state index contributed by atoms with van der Waals surface area (Å²) in [6.07, 6.45) is 4.66. The number of aromatic amines is 1. The van der Waals surface area contributed by atoms with Gasteiger partial charge in [-0.25, -0.2) is 10.1 Å². The lowest BCUT2D eigenvalue weighted by atomic mass is 10.0. The van der Waals surface area contributed by atoms with E-state index in [9.17, 15) is 0 Å². The second-order valence-corrected chi connectivity index (χ2v) is 7.92. The van der Waals surface area contributed by atoms with Crippen LogP contribution < -0.4 is 4.74 Å². The summed E-state index contributed by atoms with van der Waals surface area (Å²) >= 11 is 0. The molecule has 0 atom stereocenters. The Bertz CT molecular complexity index is 1390. The predicted molar refractivity (Wildman–Crippen MR) is 130 cm³/mol. The lowest BCUT2D eigenvalue weighted by Crippen LogP contribution is -2.00. The molecule has 6 heteroatoms. The molecule has 0 bridgehead atoms. The van der Waals surface area contributed by atoms with Gasteiger partial charge in [-0.15, -0.1) is 5.10 Å². The first-order valence-corrected chi connectivity index (χ1v) is 10.8. The largest absolute Gasteiger partial charge is 0.487 e. The van der Waals surface area contributed by atoms with Crippen molar-refractivity contribution in [1.29, 1.82) is 0 Å². The van der Waals surface area contributed by atoms with Crippen LogP contribution in [0, 0.1) is 6.92 Å². The van der Waals surface area contributed by atoms with E-state index in [1.54, 1.807) is 0 Å². The minimum Gasteiger partial charge on any atom is -0.487 e. The summed E-state index contributed by atoms with van der Waals surface area (Å²) in [6, 6.07) is 27.1. The first-order valence-electron chi connectivity index (χ1n) is 10.8. The third-order valence-electron chi connectivity index (χ3n) is 5.47. The van der Waals surface area contributed by atoms with Crippen molar-refractivity contribution < 1.29 is 4.74 Å². The van der Waals surface area contributed by atoms with E-state index in [0.29, 0.717) is 12.4 Å². The average molecular weight is 434 g/mol. The van der Waals surface area contributed by atoms with Gasteiger partial charge in [0.2, 0.25) is 0 Å². The van der Waals surface area contributed by atoms with Crippen LogP contribution in [0.1, 0.15) is 33.8 Å². The highest BCUT2D eigenvalue weighted by Gasteiger charge is 2.05. The Balaban J connectivity index is 1.25. The number of rotatable bonds is 7. The maximum Gasteiger partial charge on any atom is 0.172 e. The van der Waals surface area contributed by atoms with Crippen molar-refractivity contribution in [3.05, 3.63) is 113 Å². The monoisotopic (exact) mass is 433 g/mol. The van der Waals surface area contributed by atoms with Crippen molar-refractivity contribution >= 4 is 23.1 Å². The minimum absolute atomic E-state index is 0.441. The van der Waals surface area contributed by atoms with Crippen molar-refractivity contribution in [3.63, 3.8) is 0 Å². The molecule has 5 rings (SSSR count).